The Balaban J connectivity index is 2.18. The summed E-state index contributed by atoms with van der Waals surface area (Å²) in [5, 5.41) is 0. The molecule has 0 spiro atoms. The lowest BCUT2D eigenvalue weighted by atomic mass is 10.0. The molecule has 0 N–H and O–H groups in total. The zero-order chi connectivity index (χ0) is 6.81. The van der Waals surface area contributed by atoms with Crippen LogP contribution in [0.2, 0.25) is 0 Å². The van der Waals surface area contributed by atoms with Crippen LogP contribution in [0.4, 0.5) is 0 Å². The zero-order valence-corrected chi connectivity index (χ0v) is 5.58. The van der Waals surface area contributed by atoms with Crippen molar-refractivity contribution < 1.29 is 4.74 Å². The lowest BCUT2D eigenvalue weighted by Crippen LogP contribution is -2.25. The molecule has 0 aromatic carbocycles. The number of hydrogen-bond acceptors (Lipinski definition) is 2. The minimum atomic E-state index is 0.525. The number of aromatic nitrogens is 1. The van der Waals surface area contributed by atoms with Crippen molar-refractivity contribution in [2.24, 2.45) is 0 Å². The maximum Gasteiger partial charge on any atom is 0.0572 e. The highest BCUT2D eigenvalue weighted by Gasteiger charge is 2.20. The Labute approximate surface area is 59.9 Å². The van der Waals surface area contributed by atoms with Crippen LogP contribution in [0.3, 0.4) is 0 Å². The summed E-state index contributed by atoms with van der Waals surface area (Å²) in [4.78, 5) is 4.19. The van der Waals surface area contributed by atoms with E-state index in [4.69, 9.17) is 4.74 Å². The molecule has 0 saturated carbocycles. The smallest absolute Gasteiger partial charge is 0.0572 e. The molecule has 1 saturated heterocycles. The monoisotopic (exact) mass is 134 g/mol. The normalized spacial score (nSPS) is 18.4. The highest BCUT2D eigenvalue weighted by atomic mass is 16.5. The van der Waals surface area contributed by atoms with Crippen LogP contribution in [-0.2, 0) is 4.74 Å². The van der Waals surface area contributed by atoms with E-state index in [2.05, 4.69) is 11.1 Å². The maximum atomic E-state index is 5.04. The zero-order valence-electron chi connectivity index (χ0n) is 5.58. The minimum absolute atomic E-state index is 0.525. The summed E-state index contributed by atoms with van der Waals surface area (Å²) >= 11 is 0. The molecule has 51 valence electrons. The summed E-state index contributed by atoms with van der Waals surface area (Å²) in [6.45, 7) is 1.65. The molecule has 0 amide bonds. The molecular weight excluding hydrogens is 126 g/mol. The molecule has 10 heavy (non-hydrogen) atoms. The first-order valence-electron chi connectivity index (χ1n) is 3.36. The van der Waals surface area contributed by atoms with Gasteiger partial charge in [-0.2, -0.15) is 0 Å². The van der Waals surface area contributed by atoms with Crippen LogP contribution >= 0.6 is 0 Å². The van der Waals surface area contributed by atoms with Gasteiger partial charge in [-0.25, -0.2) is 0 Å². The van der Waals surface area contributed by atoms with Gasteiger partial charge in [-0.3, -0.25) is 4.98 Å². The third kappa shape index (κ3) is 0.907. The number of hydrogen-bond donors (Lipinski definition) is 0. The molecule has 0 bridgehead atoms. The van der Waals surface area contributed by atoms with Crippen molar-refractivity contribution in [3.05, 3.63) is 30.1 Å². The summed E-state index contributed by atoms with van der Waals surface area (Å²) in [6.07, 6.45) is 1.77. The van der Waals surface area contributed by atoms with Gasteiger partial charge in [-0.15, -0.1) is 0 Å². The number of nitrogens with zero attached hydrogens (tertiary/aromatic N) is 1. The van der Waals surface area contributed by atoms with Gasteiger partial charge >= 0.3 is 0 Å². The Morgan fingerprint density at radius 2 is 2.50 bits per heavy atom. The van der Waals surface area contributed by atoms with E-state index in [0.29, 0.717) is 5.92 Å². The highest BCUT2D eigenvalue weighted by molar-refractivity contribution is 5.10. The first kappa shape index (κ1) is 5.86. The van der Waals surface area contributed by atoms with Gasteiger partial charge in [-0.1, -0.05) is 0 Å². The second-order valence-corrected chi connectivity index (χ2v) is 2.42. The molecule has 2 rings (SSSR count). The number of rotatable bonds is 1. The Kier molecular flexibility index (Phi) is 1.40. The van der Waals surface area contributed by atoms with Crippen LogP contribution in [0, 0.1) is 6.07 Å². The third-order valence-electron chi connectivity index (χ3n) is 1.68. The second-order valence-electron chi connectivity index (χ2n) is 2.42. The van der Waals surface area contributed by atoms with Crippen molar-refractivity contribution in [2.45, 2.75) is 5.92 Å². The predicted octanol–water partition coefficient (Wildman–Crippen LogP) is 0.996. The van der Waals surface area contributed by atoms with Crippen LogP contribution in [0.5, 0.6) is 0 Å². The van der Waals surface area contributed by atoms with E-state index in [1.54, 1.807) is 6.20 Å². The molecule has 2 heteroatoms. The van der Waals surface area contributed by atoms with Crippen molar-refractivity contribution in [1.29, 1.82) is 0 Å². The van der Waals surface area contributed by atoms with E-state index in [-0.39, 0.29) is 0 Å². The topological polar surface area (TPSA) is 22.1 Å². The minimum Gasteiger partial charge on any atom is -0.380 e. The standard InChI is InChI=1S/C8H8NO/c1-2-4-9-8(3-1)7-5-10-6-7/h2-4,7H,5-6H2. The lowest BCUT2D eigenvalue weighted by Gasteiger charge is -2.24. The van der Waals surface area contributed by atoms with Crippen molar-refractivity contribution in [2.75, 3.05) is 13.2 Å². The Morgan fingerprint density at radius 1 is 1.60 bits per heavy atom. The molecule has 1 radical (unpaired) electrons. The van der Waals surface area contributed by atoms with Gasteiger partial charge < -0.3 is 4.74 Å². The molecule has 0 atom stereocenters. The van der Waals surface area contributed by atoms with Gasteiger partial charge in [0.25, 0.3) is 0 Å². The van der Waals surface area contributed by atoms with Crippen molar-refractivity contribution in [3.63, 3.8) is 0 Å². The summed E-state index contributed by atoms with van der Waals surface area (Å²) in [7, 11) is 0. The highest BCUT2D eigenvalue weighted by Crippen LogP contribution is 2.20. The van der Waals surface area contributed by atoms with E-state index >= 15 is 0 Å². The van der Waals surface area contributed by atoms with E-state index in [0.717, 1.165) is 18.9 Å². The molecule has 2 heterocycles. The SMILES string of the molecule is [c]1ccnc(C2COC2)c1. The summed E-state index contributed by atoms with van der Waals surface area (Å²) in [5.74, 6) is 0.525. The molecule has 0 unspecified atom stereocenters. The largest absolute Gasteiger partial charge is 0.380 e. The molecule has 1 aliphatic rings. The molecule has 1 aliphatic heterocycles. The molecule has 1 aromatic rings. The van der Waals surface area contributed by atoms with E-state index < -0.39 is 0 Å². The van der Waals surface area contributed by atoms with Crippen molar-refractivity contribution in [3.8, 4) is 0 Å². The van der Waals surface area contributed by atoms with Crippen LogP contribution in [0.1, 0.15) is 11.6 Å². The fourth-order valence-electron chi connectivity index (χ4n) is 0.967. The molecule has 1 aromatic heterocycles. The molecule has 1 fully saturated rings. The third-order valence-corrected chi connectivity index (χ3v) is 1.68. The first-order valence-corrected chi connectivity index (χ1v) is 3.36. The second kappa shape index (κ2) is 2.39. The van der Waals surface area contributed by atoms with Gasteiger partial charge in [-0.05, 0) is 18.2 Å². The van der Waals surface area contributed by atoms with Crippen LogP contribution in [-0.4, -0.2) is 18.2 Å². The van der Waals surface area contributed by atoms with Gasteiger partial charge in [0, 0.05) is 17.8 Å². The number of ether oxygens (including phenoxy) is 1. The molecule has 2 nitrogen and oxygen atoms in total. The lowest BCUT2D eigenvalue weighted by molar-refractivity contribution is 0.00671. The van der Waals surface area contributed by atoms with Gasteiger partial charge in [0.1, 0.15) is 0 Å². The van der Waals surface area contributed by atoms with Crippen LogP contribution in [0.25, 0.3) is 0 Å². The Bertz CT molecular complexity index is 206. The fourth-order valence-corrected chi connectivity index (χ4v) is 0.967. The number of pyridine rings is 1. The quantitative estimate of drug-likeness (QED) is 0.571. The van der Waals surface area contributed by atoms with Gasteiger partial charge in [0.05, 0.1) is 13.2 Å². The average Bonchev–Trinajstić information content (AvgIpc) is 1.86. The van der Waals surface area contributed by atoms with Gasteiger partial charge in [0.15, 0.2) is 0 Å². The van der Waals surface area contributed by atoms with Gasteiger partial charge in [0.2, 0.25) is 0 Å². The predicted molar refractivity (Wildman–Crippen MR) is 36.6 cm³/mol. The molecular formula is C8H8NO. The van der Waals surface area contributed by atoms with E-state index in [1.165, 1.54) is 0 Å². The summed E-state index contributed by atoms with van der Waals surface area (Å²) in [5.41, 5.74) is 1.11. The Morgan fingerprint density at radius 3 is 3.00 bits per heavy atom. The van der Waals surface area contributed by atoms with Crippen molar-refractivity contribution >= 4 is 0 Å². The summed E-state index contributed by atoms with van der Waals surface area (Å²) in [6, 6.07) is 6.72. The van der Waals surface area contributed by atoms with E-state index in [9.17, 15) is 0 Å². The Hall–Kier alpha value is -0.890. The first-order chi connectivity index (χ1) is 4.97. The fraction of sp³-hybridized carbons (Fsp3) is 0.375. The van der Waals surface area contributed by atoms with Crippen molar-refractivity contribution in [1.82, 2.24) is 4.98 Å². The maximum absolute atomic E-state index is 5.04. The van der Waals surface area contributed by atoms with Crippen LogP contribution < -0.4 is 0 Å². The summed E-state index contributed by atoms with van der Waals surface area (Å²) < 4.78 is 5.04. The van der Waals surface area contributed by atoms with Crippen LogP contribution in [0.15, 0.2) is 18.3 Å². The average molecular weight is 134 g/mol. The van der Waals surface area contributed by atoms with E-state index in [1.807, 2.05) is 12.1 Å². The molecule has 0 aliphatic carbocycles.